The Kier molecular flexibility index (Phi) is 5.97. The van der Waals surface area contributed by atoms with Crippen LogP contribution in [0.25, 0.3) is 0 Å². The summed E-state index contributed by atoms with van der Waals surface area (Å²) in [5.74, 6) is -3.73. The van der Waals surface area contributed by atoms with Gasteiger partial charge in [-0.05, 0) is 24.1 Å². The van der Waals surface area contributed by atoms with Crippen LogP contribution in [-0.2, 0) is 9.59 Å². The normalized spacial score (nSPS) is 11.6. The number of rotatable bonds is 5. The highest BCUT2D eigenvalue weighted by molar-refractivity contribution is 6.39. The molecule has 0 aliphatic heterocycles. The van der Waals surface area contributed by atoms with E-state index in [2.05, 4.69) is 5.32 Å². The molecule has 2 aromatic carbocycles. The van der Waals surface area contributed by atoms with Crippen LogP contribution in [0.1, 0.15) is 18.0 Å². The van der Waals surface area contributed by atoms with Gasteiger partial charge in [0.15, 0.2) is 0 Å². The lowest BCUT2D eigenvalue weighted by Gasteiger charge is -2.18. The highest BCUT2D eigenvalue weighted by Gasteiger charge is 2.20. The van der Waals surface area contributed by atoms with Gasteiger partial charge in [0.2, 0.25) is 0 Å². The van der Waals surface area contributed by atoms with Crippen molar-refractivity contribution in [2.75, 3.05) is 11.9 Å². The van der Waals surface area contributed by atoms with Crippen molar-refractivity contribution in [2.45, 2.75) is 12.5 Å². The van der Waals surface area contributed by atoms with Crippen molar-refractivity contribution in [1.82, 2.24) is 5.32 Å². The summed E-state index contributed by atoms with van der Waals surface area (Å²) < 4.78 is 26.6. The lowest BCUT2D eigenvalue weighted by Crippen LogP contribution is -2.38. The molecule has 0 heterocycles. The molecule has 0 aliphatic rings. The quantitative estimate of drug-likeness (QED) is 0.733. The van der Waals surface area contributed by atoms with E-state index in [1.807, 2.05) is 5.32 Å². The maximum Gasteiger partial charge on any atom is 0.313 e. The highest BCUT2D eigenvalue weighted by atomic mass is 19.1. The fourth-order valence-electron chi connectivity index (χ4n) is 2.13. The molecule has 3 N–H and O–H groups in total. The van der Waals surface area contributed by atoms with Gasteiger partial charge < -0.3 is 15.7 Å². The fraction of sp³-hybridized carbons (Fsp3) is 0.176. The van der Waals surface area contributed by atoms with E-state index in [1.54, 1.807) is 30.3 Å². The molecule has 0 saturated heterocycles. The van der Waals surface area contributed by atoms with Crippen LogP contribution in [0.3, 0.4) is 0 Å². The summed E-state index contributed by atoms with van der Waals surface area (Å²) in [6.45, 7) is -0.194. The molecule has 5 nitrogen and oxygen atoms in total. The summed E-state index contributed by atoms with van der Waals surface area (Å²) in [6, 6.07) is 10.7. The number of amides is 2. The predicted molar refractivity (Wildman–Crippen MR) is 84.0 cm³/mol. The third-order valence-electron chi connectivity index (χ3n) is 3.31. The van der Waals surface area contributed by atoms with Crippen LogP contribution in [0.2, 0.25) is 0 Å². The van der Waals surface area contributed by atoms with Gasteiger partial charge in [0.1, 0.15) is 11.6 Å². The second kappa shape index (κ2) is 8.16. The van der Waals surface area contributed by atoms with Crippen LogP contribution in [0, 0.1) is 11.6 Å². The van der Waals surface area contributed by atoms with E-state index in [-0.39, 0.29) is 13.0 Å². The molecule has 7 heteroatoms. The largest absolute Gasteiger partial charge is 0.396 e. The van der Waals surface area contributed by atoms with Gasteiger partial charge in [-0.2, -0.15) is 0 Å². The van der Waals surface area contributed by atoms with Gasteiger partial charge in [-0.1, -0.05) is 30.3 Å². The number of hydrogen-bond acceptors (Lipinski definition) is 3. The zero-order valence-electron chi connectivity index (χ0n) is 12.6. The molecule has 24 heavy (non-hydrogen) atoms. The minimum Gasteiger partial charge on any atom is -0.396 e. The van der Waals surface area contributed by atoms with E-state index in [9.17, 15) is 18.4 Å². The molecule has 126 valence electrons. The maximum absolute atomic E-state index is 13.5. The van der Waals surface area contributed by atoms with Crippen LogP contribution >= 0.6 is 0 Å². The summed E-state index contributed by atoms with van der Waals surface area (Å²) >= 11 is 0. The summed E-state index contributed by atoms with van der Waals surface area (Å²) in [4.78, 5) is 23.9. The topological polar surface area (TPSA) is 78.4 Å². The zero-order chi connectivity index (χ0) is 17.5. The number of benzene rings is 2. The number of aliphatic hydroxyl groups is 1. The molecule has 0 bridgehead atoms. The summed E-state index contributed by atoms with van der Waals surface area (Å²) in [5.41, 5.74) is 0.290. The first-order valence-corrected chi connectivity index (χ1v) is 7.24. The van der Waals surface area contributed by atoms with Gasteiger partial charge in [-0.3, -0.25) is 9.59 Å². The summed E-state index contributed by atoms with van der Waals surface area (Å²) in [6.07, 6.45) is 0.206. The first-order chi connectivity index (χ1) is 11.5. The SMILES string of the molecule is O=C(Nc1cc(F)ccc1F)C(=O)NC(CCO)c1ccccc1. The standard InChI is InChI=1S/C17H16F2N2O3/c18-12-6-7-13(19)15(10-12)21-17(24)16(23)20-14(8-9-22)11-4-2-1-3-5-11/h1-7,10,14,22H,8-9H2,(H,20,23)(H,21,24). The smallest absolute Gasteiger partial charge is 0.313 e. The second-order valence-corrected chi connectivity index (χ2v) is 5.03. The van der Waals surface area contributed by atoms with Crippen molar-refractivity contribution in [3.63, 3.8) is 0 Å². The molecule has 0 aromatic heterocycles. The van der Waals surface area contributed by atoms with E-state index >= 15 is 0 Å². The fourth-order valence-corrected chi connectivity index (χ4v) is 2.13. The molecule has 2 amide bonds. The minimum atomic E-state index is -1.13. The molecule has 0 radical (unpaired) electrons. The van der Waals surface area contributed by atoms with Crippen LogP contribution in [0.5, 0.6) is 0 Å². The van der Waals surface area contributed by atoms with E-state index in [1.165, 1.54) is 0 Å². The number of nitrogens with one attached hydrogen (secondary N) is 2. The number of hydrogen-bond donors (Lipinski definition) is 3. The molecule has 1 atom stereocenters. The highest BCUT2D eigenvalue weighted by Crippen LogP contribution is 2.17. The molecule has 2 aromatic rings. The average Bonchev–Trinajstić information content (AvgIpc) is 2.58. The molecule has 1 unspecified atom stereocenters. The Hall–Kier alpha value is -2.80. The number of halogens is 2. The third-order valence-corrected chi connectivity index (χ3v) is 3.31. The van der Waals surface area contributed by atoms with E-state index < -0.39 is 35.2 Å². The lowest BCUT2D eigenvalue weighted by atomic mass is 10.0. The maximum atomic E-state index is 13.5. The Morgan fingerprint density at radius 1 is 1.04 bits per heavy atom. The molecule has 0 aliphatic carbocycles. The molecule has 0 saturated carbocycles. The molecular formula is C17H16F2N2O3. The van der Waals surface area contributed by atoms with E-state index in [0.29, 0.717) is 5.56 Å². The summed E-state index contributed by atoms with van der Waals surface area (Å²) in [5, 5.41) is 13.6. The molecule has 0 fully saturated rings. The monoisotopic (exact) mass is 334 g/mol. The Morgan fingerprint density at radius 2 is 1.75 bits per heavy atom. The van der Waals surface area contributed by atoms with Gasteiger partial charge in [-0.25, -0.2) is 8.78 Å². The zero-order valence-corrected chi connectivity index (χ0v) is 12.6. The Morgan fingerprint density at radius 3 is 2.42 bits per heavy atom. The van der Waals surface area contributed by atoms with Crippen LogP contribution in [0.4, 0.5) is 14.5 Å². The van der Waals surface area contributed by atoms with Gasteiger partial charge in [0.25, 0.3) is 0 Å². The van der Waals surface area contributed by atoms with Crippen molar-refractivity contribution < 1.29 is 23.5 Å². The van der Waals surface area contributed by atoms with Crippen molar-refractivity contribution in [3.8, 4) is 0 Å². The van der Waals surface area contributed by atoms with Gasteiger partial charge >= 0.3 is 11.8 Å². The van der Waals surface area contributed by atoms with E-state index in [0.717, 1.165) is 18.2 Å². The van der Waals surface area contributed by atoms with Crippen LogP contribution in [-0.4, -0.2) is 23.5 Å². The van der Waals surface area contributed by atoms with Gasteiger partial charge in [0.05, 0.1) is 11.7 Å². The molecule has 2 rings (SSSR count). The Bertz CT molecular complexity index is 723. The number of carbonyl (C=O) groups excluding carboxylic acids is 2. The first kappa shape index (κ1) is 17.6. The lowest BCUT2D eigenvalue weighted by molar-refractivity contribution is -0.136. The van der Waals surface area contributed by atoms with Gasteiger partial charge in [-0.15, -0.1) is 0 Å². The predicted octanol–water partition coefficient (Wildman–Crippen LogP) is 2.14. The van der Waals surface area contributed by atoms with Crippen LogP contribution < -0.4 is 10.6 Å². The number of aliphatic hydroxyl groups excluding tert-OH is 1. The Labute approximate surface area is 137 Å². The van der Waals surface area contributed by atoms with Crippen LogP contribution in [0.15, 0.2) is 48.5 Å². The van der Waals surface area contributed by atoms with Crippen molar-refractivity contribution >= 4 is 17.5 Å². The summed E-state index contributed by atoms with van der Waals surface area (Å²) in [7, 11) is 0. The second-order valence-electron chi connectivity index (χ2n) is 5.03. The molecular weight excluding hydrogens is 318 g/mol. The van der Waals surface area contributed by atoms with Gasteiger partial charge in [0, 0.05) is 12.7 Å². The third kappa shape index (κ3) is 4.60. The first-order valence-electron chi connectivity index (χ1n) is 7.24. The average molecular weight is 334 g/mol. The number of carbonyl (C=O) groups is 2. The van der Waals surface area contributed by atoms with Crippen molar-refractivity contribution in [3.05, 3.63) is 65.7 Å². The number of anilines is 1. The minimum absolute atomic E-state index is 0.194. The van der Waals surface area contributed by atoms with Crippen molar-refractivity contribution in [1.29, 1.82) is 0 Å². The Balaban J connectivity index is 2.06. The van der Waals surface area contributed by atoms with Crippen molar-refractivity contribution in [2.24, 2.45) is 0 Å². The van der Waals surface area contributed by atoms with E-state index in [4.69, 9.17) is 5.11 Å². The molecule has 0 spiro atoms.